The van der Waals surface area contributed by atoms with Crippen molar-refractivity contribution < 1.29 is 14.6 Å². The number of unbranched alkanes of at least 4 members (excludes halogenated alkanes) is 1. The fourth-order valence-corrected chi connectivity index (χ4v) is 3.70. The van der Waals surface area contributed by atoms with Gasteiger partial charge >= 0.3 is 5.97 Å². The predicted octanol–water partition coefficient (Wildman–Crippen LogP) is 5.80. The second kappa shape index (κ2) is 10.1. The Morgan fingerprint density at radius 1 is 1.12 bits per heavy atom. The average Bonchev–Trinajstić information content (AvgIpc) is 2.84. The van der Waals surface area contributed by atoms with Crippen molar-refractivity contribution in [2.45, 2.75) is 32.7 Å². The van der Waals surface area contributed by atoms with E-state index in [1.807, 2.05) is 55.5 Å². The molecule has 6 nitrogen and oxygen atoms in total. The molecule has 0 spiro atoms. The number of anilines is 1. The summed E-state index contributed by atoms with van der Waals surface area (Å²) in [5.74, 6) is -0.231. The lowest BCUT2D eigenvalue weighted by Gasteiger charge is -2.22. The molecule has 2 heterocycles. The van der Waals surface area contributed by atoms with E-state index in [0.29, 0.717) is 23.3 Å². The molecule has 0 amide bonds. The second-order valence-corrected chi connectivity index (χ2v) is 7.96. The first-order valence-corrected chi connectivity index (χ1v) is 11.1. The first-order valence-electron chi connectivity index (χ1n) is 11.1. The number of rotatable bonds is 8. The van der Waals surface area contributed by atoms with Crippen LogP contribution >= 0.6 is 0 Å². The lowest BCUT2D eigenvalue weighted by atomic mass is 9.97. The minimum atomic E-state index is -0.406. The van der Waals surface area contributed by atoms with Gasteiger partial charge < -0.3 is 15.2 Å². The normalized spacial score (nSPS) is 11.8. The minimum Gasteiger partial charge on any atom is -0.505 e. The number of nitrogens with one attached hydrogen (secondary N) is 1. The molecule has 4 rings (SSSR count). The average molecular weight is 442 g/mol. The van der Waals surface area contributed by atoms with Gasteiger partial charge in [0.2, 0.25) is 0 Å². The standard InChI is InChI=1S/C27H27N3O3/c1-3-4-15-33-27(32)20-7-5-9-22(16-20)30-24(21-8-6-14-28-17-21)23-13-12-19-11-10-18(2)29-25(19)26(23)31/h5-14,16-17,24,30-31H,3-4,15H2,1-2H3. The number of hydrogen-bond donors (Lipinski definition) is 2. The van der Waals surface area contributed by atoms with Crippen molar-refractivity contribution >= 4 is 22.6 Å². The van der Waals surface area contributed by atoms with E-state index >= 15 is 0 Å². The third-order valence-electron chi connectivity index (χ3n) is 5.47. The number of pyridine rings is 2. The van der Waals surface area contributed by atoms with Gasteiger partial charge in [-0.05, 0) is 49.2 Å². The number of carbonyl (C=O) groups excluding carboxylic acids is 1. The van der Waals surface area contributed by atoms with Gasteiger partial charge in [0.25, 0.3) is 0 Å². The van der Waals surface area contributed by atoms with Gasteiger partial charge in [-0.3, -0.25) is 4.98 Å². The monoisotopic (exact) mass is 441 g/mol. The first-order chi connectivity index (χ1) is 16.1. The molecule has 0 fully saturated rings. The first kappa shape index (κ1) is 22.3. The van der Waals surface area contributed by atoms with Gasteiger partial charge in [-0.2, -0.15) is 0 Å². The quantitative estimate of drug-likeness (QED) is 0.265. The highest BCUT2D eigenvalue weighted by atomic mass is 16.5. The number of hydrogen-bond acceptors (Lipinski definition) is 6. The predicted molar refractivity (Wildman–Crippen MR) is 129 cm³/mol. The van der Waals surface area contributed by atoms with Crippen LogP contribution in [0.1, 0.15) is 53.0 Å². The van der Waals surface area contributed by atoms with Gasteiger partial charge in [0.15, 0.2) is 0 Å². The Hall–Kier alpha value is -3.93. The van der Waals surface area contributed by atoms with E-state index in [9.17, 15) is 9.90 Å². The van der Waals surface area contributed by atoms with E-state index < -0.39 is 6.04 Å². The zero-order valence-electron chi connectivity index (χ0n) is 18.8. The summed E-state index contributed by atoms with van der Waals surface area (Å²) < 4.78 is 5.35. The molecule has 0 saturated heterocycles. The molecule has 0 saturated carbocycles. The van der Waals surface area contributed by atoms with E-state index in [1.165, 1.54) is 0 Å². The maximum Gasteiger partial charge on any atom is 0.338 e. The van der Waals surface area contributed by atoms with Gasteiger partial charge in [-0.25, -0.2) is 9.78 Å². The maximum absolute atomic E-state index is 12.4. The van der Waals surface area contributed by atoms with Crippen LogP contribution in [0.2, 0.25) is 0 Å². The Balaban J connectivity index is 1.71. The molecule has 2 aromatic heterocycles. The molecule has 0 bridgehead atoms. The van der Waals surface area contributed by atoms with Crippen molar-refractivity contribution in [2.75, 3.05) is 11.9 Å². The summed E-state index contributed by atoms with van der Waals surface area (Å²) in [6.07, 6.45) is 5.26. The van der Waals surface area contributed by atoms with Crippen molar-refractivity contribution in [2.24, 2.45) is 0 Å². The van der Waals surface area contributed by atoms with Gasteiger partial charge in [-0.1, -0.05) is 43.7 Å². The molecule has 168 valence electrons. The van der Waals surface area contributed by atoms with Gasteiger partial charge in [-0.15, -0.1) is 0 Å². The van der Waals surface area contributed by atoms with Gasteiger partial charge in [0, 0.05) is 34.7 Å². The Morgan fingerprint density at radius 3 is 2.76 bits per heavy atom. The van der Waals surface area contributed by atoms with Crippen LogP contribution in [0.25, 0.3) is 10.9 Å². The zero-order chi connectivity index (χ0) is 23.2. The summed E-state index contributed by atoms with van der Waals surface area (Å²) in [5, 5.41) is 15.5. The van der Waals surface area contributed by atoms with Crippen LogP contribution in [0.15, 0.2) is 73.1 Å². The number of ether oxygens (including phenoxy) is 1. The number of carbonyl (C=O) groups is 1. The Kier molecular flexibility index (Phi) is 6.83. The molecule has 1 unspecified atom stereocenters. The van der Waals surface area contributed by atoms with E-state index in [4.69, 9.17) is 4.74 Å². The molecule has 4 aromatic rings. The second-order valence-electron chi connectivity index (χ2n) is 7.96. The number of nitrogens with zero attached hydrogens (tertiary/aromatic N) is 2. The number of phenolic OH excluding ortho intramolecular Hbond substituents is 1. The molecule has 2 N–H and O–H groups in total. The van der Waals surface area contributed by atoms with Crippen LogP contribution in [0, 0.1) is 6.92 Å². The Morgan fingerprint density at radius 2 is 1.97 bits per heavy atom. The van der Waals surface area contributed by atoms with E-state index in [2.05, 4.69) is 22.2 Å². The molecule has 0 aliphatic carbocycles. The van der Waals surface area contributed by atoms with Crippen molar-refractivity contribution in [3.8, 4) is 5.75 Å². The van der Waals surface area contributed by atoms with Crippen LogP contribution in [-0.4, -0.2) is 27.7 Å². The summed E-state index contributed by atoms with van der Waals surface area (Å²) >= 11 is 0. The van der Waals surface area contributed by atoms with Crippen LogP contribution < -0.4 is 5.32 Å². The molecule has 0 aliphatic heterocycles. The Bertz CT molecular complexity index is 1260. The molecular formula is C27H27N3O3. The highest BCUT2D eigenvalue weighted by molar-refractivity contribution is 5.90. The van der Waals surface area contributed by atoms with Crippen molar-refractivity contribution in [1.82, 2.24) is 9.97 Å². The highest BCUT2D eigenvalue weighted by Gasteiger charge is 2.21. The number of fused-ring (bicyclic) bond motifs is 1. The number of aromatic nitrogens is 2. The number of aryl methyl sites for hydroxylation is 1. The fourth-order valence-electron chi connectivity index (χ4n) is 3.70. The Labute approximate surface area is 193 Å². The van der Waals surface area contributed by atoms with E-state index in [1.54, 1.807) is 24.5 Å². The lowest BCUT2D eigenvalue weighted by Crippen LogP contribution is -2.14. The van der Waals surface area contributed by atoms with Crippen molar-refractivity contribution in [1.29, 1.82) is 0 Å². The summed E-state index contributed by atoms with van der Waals surface area (Å²) in [6.45, 7) is 4.35. The zero-order valence-corrected chi connectivity index (χ0v) is 18.8. The van der Waals surface area contributed by atoms with Crippen LogP contribution in [0.3, 0.4) is 0 Å². The SMILES string of the molecule is CCCCOC(=O)c1cccc(NC(c2cccnc2)c2ccc3ccc(C)nc3c2O)c1. The number of esters is 1. The van der Waals surface area contributed by atoms with Crippen LogP contribution in [0.4, 0.5) is 5.69 Å². The van der Waals surface area contributed by atoms with E-state index in [-0.39, 0.29) is 11.7 Å². The molecule has 1 atom stereocenters. The molecule has 2 aromatic carbocycles. The summed E-state index contributed by atoms with van der Waals surface area (Å²) in [7, 11) is 0. The van der Waals surface area contributed by atoms with Gasteiger partial charge in [0.05, 0.1) is 18.2 Å². The third-order valence-corrected chi connectivity index (χ3v) is 5.47. The molecule has 6 heteroatoms. The number of aromatic hydroxyl groups is 1. The summed E-state index contributed by atoms with van der Waals surface area (Å²) in [4.78, 5) is 21.2. The summed E-state index contributed by atoms with van der Waals surface area (Å²) in [6, 6.07) is 18.3. The number of benzene rings is 2. The number of phenols is 1. The minimum absolute atomic E-state index is 0.118. The third kappa shape index (κ3) is 5.12. The molecule has 0 aliphatic rings. The summed E-state index contributed by atoms with van der Waals surface area (Å²) in [5.41, 5.74) is 4.12. The van der Waals surface area contributed by atoms with E-state index in [0.717, 1.165) is 35.2 Å². The van der Waals surface area contributed by atoms with Gasteiger partial charge in [0.1, 0.15) is 11.3 Å². The fraction of sp³-hybridized carbons (Fsp3) is 0.222. The van der Waals surface area contributed by atoms with Crippen molar-refractivity contribution in [3.05, 3.63) is 95.4 Å². The molecule has 33 heavy (non-hydrogen) atoms. The lowest BCUT2D eigenvalue weighted by molar-refractivity contribution is 0.0500. The van der Waals surface area contributed by atoms with Crippen LogP contribution in [-0.2, 0) is 4.74 Å². The van der Waals surface area contributed by atoms with Crippen molar-refractivity contribution in [3.63, 3.8) is 0 Å². The molecular weight excluding hydrogens is 414 g/mol. The van der Waals surface area contributed by atoms with Crippen LogP contribution in [0.5, 0.6) is 5.75 Å². The largest absolute Gasteiger partial charge is 0.505 e. The maximum atomic E-state index is 12.4. The topological polar surface area (TPSA) is 84.3 Å². The smallest absolute Gasteiger partial charge is 0.338 e. The molecule has 0 radical (unpaired) electrons. The highest BCUT2D eigenvalue weighted by Crippen LogP contribution is 2.36.